The average molecular weight is 207 g/mol. The van der Waals surface area contributed by atoms with Gasteiger partial charge < -0.3 is 5.32 Å². The van der Waals surface area contributed by atoms with Crippen LogP contribution in [0, 0.1) is 0 Å². The van der Waals surface area contributed by atoms with Crippen LogP contribution in [0.1, 0.15) is 62.9 Å². The predicted molar refractivity (Wildman–Crippen MR) is 62.1 cm³/mol. The Kier molecular flexibility index (Phi) is 2.83. The van der Waals surface area contributed by atoms with Crippen molar-refractivity contribution in [1.29, 1.82) is 0 Å². The molecule has 2 rings (SSSR count). The van der Waals surface area contributed by atoms with E-state index in [1.54, 1.807) is 0 Å². The zero-order valence-corrected chi connectivity index (χ0v) is 10.1. The van der Waals surface area contributed by atoms with Gasteiger partial charge >= 0.3 is 0 Å². The molecule has 1 aliphatic rings. The first-order valence-corrected chi connectivity index (χ1v) is 5.89. The summed E-state index contributed by atoms with van der Waals surface area (Å²) in [6.07, 6.45) is 4.71. The molecule has 1 N–H and O–H groups in total. The summed E-state index contributed by atoms with van der Waals surface area (Å²) in [5.41, 5.74) is 2.85. The van der Waals surface area contributed by atoms with Crippen LogP contribution in [0.5, 0.6) is 0 Å². The molecule has 1 saturated carbocycles. The molecule has 3 heteroatoms. The van der Waals surface area contributed by atoms with Gasteiger partial charge in [0.15, 0.2) is 0 Å². The Hall–Kier alpha value is -0.830. The van der Waals surface area contributed by atoms with E-state index in [0.717, 1.165) is 5.92 Å². The lowest BCUT2D eigenvalue weighted by atomic mass is 10.1. The van der Waals surface area contributed by atoms with Gasteiger partial charge in [0.25, 0.3) is 0 Å². The van der Waals surface area contributed by atoms with Crippen LogP contribution in [0.15, 0.2) is 6.20 Å². The number of rotatable bonds is 4. The zero-order valence-electron chi connectivity index (χ0n) is 10.1. The van der Waals surface area contributed by atoms with E-state index in [9.17, 15) is 0 Å². The highest BCUT2D eigenvalue weighted by Crippen LogP contribution is 2.43. The Morgan fingerprint density at radius 1 is 1.40 bits per heavy atom. The molecule has 1 aliphatic carbocycles. The lowest BCUT2D eigenvalue weighted by Gasteiger charge is -2.15. The molecule has 1 aromatic rings. The maximum absolute atomic E-state index is 4.52. The topological polar surface area (TPSA) is 29.9 Å². The molecule has 3 nitrogen and oxygen atoms in total. The van der Waals surface area contributed by atoms with Crippen LogP contribution in [0.25, 0.3) is 0 Å². The molecule has 1 atom stereocenters. The van der Waals surface area contributed by atoms with Gasteiger partial charge in [-0.3, -0.25) is 4.68 Å². The molecule has 15 heavy (non-hydrogen) atoms. The Labute approximate surface area is 91.9 Å². The highest BCUT2D eigenvalue weighted by molar-refractivity contribution is 5.28. The predicted octanol–water partition coefficient (Wildman–Crippen LogP) is 2.62. The van der Waals surface area contributed by atoms with Gasteiger partial charge in [0.2, 0.25) is 0 Å². The molecule has 0 radical (unpaired) electrons. The molecular weight excluding hydrogens is 186 g/mol. The van der Waals surface area contributed by atoms with Crippen LogP contribution in [-0.2, 0) is 0 Å². The fourth-order valence-electron chi connectivity index (χ4n) is 2.07. The zero-order chi connectivity index (χ0) is 11.0. The van der Waals surface area contributed by atoms with E-state index in [4.69, 9.17) is 0 Å². The number of hydrogen-bond donors (Lipinski definition) is 1. The van der Waals surface area contributed by atoms with Crippen molar-refractivity contribution < 1.29 is 0 Å². The van der Waals surface area contributed by atoms with Gasteiger partial charge in [-0.1, -0.05) is 0 Å². The number of nitrogens with one attached hydrogen (secondary N) is 1. The Morgan fingerprint density at radius 2 is 2.07 bits per heavy atom. The summed E-state index contributed by atoms with van der Waals surface area (Å²) in [5, 5.41) is 7.83. The maximum atomic E-state index is 4.52. The van der Waals surface area contributed by atoms with Crippen molar-refractivity contribution in [2.24, 2.45) is 0 Å². The van der Waals surface area contributed by atoms with Crippen molar-refractivity contribution in [2.75, 3.05) is 7.05 Å². The molecule has 0 aliphatic heterocycles. The molecule has 1 heterocycles. The second-order valence-corrected chi connectivity index (χ2v) is 4.81. The fraction of sp³-hybridized carbons (Fsp3) is 0.750. The first kappa shape index (κ1) is 10.7. The standard InChI is InChI=1S/C12H21N3/c1-8(2)15-12(10-5-6-10)11(7-14-15)9(3)13-4/h7-10,13H,5-6H2,1-4H3. The summed E-state index contributed by atoms with van der Waals surface area (Å²) in [6.45, 7) is 6.60. The van der Waals surface area contributed by atoms with Crippen LogP contribution < -0.4 is 5.32 Å². The number of aromatic nitrogens is 2. The molecule has 1 unspecified atom stereocenters. The minimum atomic E-state index is 0.410. The third-order valence-corrected chi connectivity index (χ3v) is 3.22. The summed E-state index contributed by atoms with van der Waals surface area (Å²) < 4.78 is 2.20. The molecular formula is C12H21N3. The smallest absolute Gasteiger partial charge is 0.0540 e. The van der Waals surface area contributed by atoms with Crippen LogP contribution in [-0.4, -0.2) is 16.8 Å². The minimum absolute atomic E-state index is 0.410. The van der Waals surface area contributed by atoms with E-state index in [0.29, 0.717) is 12.1 Å². The molecule has 1 aromatic heterocycles. The van der Waals surface area contributed by atoms with E-state index >= 15 is 0 Å². The summed E-state index contributed by atoms with van der Waals surface area (Å²) in [7, 11) is 2.01. The third-order valence-electron chi connectivity index (χ3n) is 3.22. The summed E-state index contributed by atoms with van der Waals surface area (Å²) >= 11 is 0. The second-order valence-electron chi connectivity index (χ2n) is 4.81. The van der Waals surface area contributed by atoms with Gasteiger partial charge in [0.1, 0.15) is 0 Å². The van der Waals surface area contributed by atoms with Gasteiger partial charge in [-0.25, -0.2) is 0 Å². The Morgan fingerprint density at radius 3 is 2.53 bits per heavy atom. The normalized spacial score (nSPS) is 18.5. The molecule has 0 spiro atoms. The number of nitrogens with zero attached hydrogens (tertiary/aromatic N) is 2. The molecule has 0 saturated heterocycles. The first-order chi connectivity index (χ1) is 7.15. The van der Waals surface area contributed by atoms with Crippen molar-refractivity contribution in [3.8, 4) is 0 Å². The average Bonchev–Trinajstić information content (AvgIpc) is 2.95. The van der Waals surface area contributed by atoms with Gasteiger partial charge in [-0.15, -0.1) is 0 Å². The largest absolute Gasteiger partial charge is 0.313 e. The SMILES string of the molecule is CNC(C)c1cnn(C(C)C)c1C1CC1. The summed E-state index contributed by atoms with van der Waals surface area (Å²) in [5.74, 6) is 0.765. The van der Waals surface area contributed by atoms with Crippen LogP contribution in [0.4, 0.5) is 0 Å². The lowest BCUT2D eigenvalue weighted by molar-refractivity contribution is 0.506. The number of hydrogen-bond acceptors (Lipinski definition) is 2. The maximum Gasteiger partial charge on any atom is 0.0540 e. The van der Waals surface area contributed by atoms with E-state index in [1.807, 2.05) is 13.2 Å². The van der Waals surface area contributed by atoms with E-state index in [-0.39, 0.29) is 0 Å². The van der Waals surface area contributed by atoms with Gasteiger partial charge in [-0.05, 0) is 40.7 Å². The van der Waals surface area contributed by atoms with Crippen LogP contribution in [0.2, 0.25) is 0 Å². The van der Waals surface area contributed by atoms with Crippen molar-refractivity contribution in [2.45, 2.75) is 51.6 Å². The quantitative estimate of drug-likeness (QED) is 0.822. The van der Waals surface area contributed by atoms with Gasteiger partial charge in [-0.2, -0.15) is 5.10 Å². The van der Waals surface area contributed by atoms with Crippen molar-refractivity contribution in [3.05, 3.63) is 17.5 Å². The fourth-order valence-corrected chi connectivity index (χ4v) is 2.07. The van der Waals surface area contributed by atoms with Crippen molar-refractivity contribution >= 4 is 0 Å². The van der Waals surface area contributed by atoms with E-state index in [2.05, 4.69) is 35.9 Å². The monoisotopic (exact) mass is 207 g/mol. The molecule has 0 aromatic carbocycles. The molecule has 0 bridgehead atoms. The first-order valence-electron chi connectivity index (χ1n) is 5.89. The van der Waals surface area contributed by atoms with E-state index < -0.39 is 0 Å². The lowest BCUT2D eigenvalue weighted by Crippen LogP contribution is -2.15. The summed E-state index contributed by atoms with van der Waals surface area (Å²) in [4.78, 5) is 0. The van der Waals surface area contributed by atoms with Crippen LogP contribution >= 0.6 is 0 Å². The van der Waals surface area contributed by atoms with Gasteiger partial charge in [0, 0.05) is 29.3 Å². The Balaban J connectivity index is 2.37. The second kappa shape index (κ2) is 3.97. The molecule has 0 amide bonds. The van der Waals surface area contributed by atoms with Crippen molar-refractivity contribution in [1.82, 2.24) is 15.1 Å². The molecule has 1 fully saturated rings. The minimum Gasteiger partial charge on any atom is -0.313 e. The van der Waals surface area contributed by atoms with Gasteiger partial charge in [0.05, 0.1) is 6.20 Å². The van der Waals surface area contributed by atoms with Crippen molar-refractivity contribution in [3.63, 3.8) is 0 Å². The highest BCUT2D eigenvalue weighted by Gasteiger charge is 2.31. The summed E-state index contributed by atoms with van der Waals surface area (Å²) in [6, 6.07) is 0.881. The Bertz CT molecular complexity index is 337. The third kappa shape index (κ3) is 1.93. The molecule has 84 valence electrons. The highest BCUT2D eigenvalue weighted by atomic mass is 15.3. The van der Waals surface area contributed by atoms with E-state index in [1.165, 1.54) is 24.1 Å². The van der Waals surface area contributed by atoms with Crippen LogP contribution in [0.3, 0.4) is 0 Å².